The Morgan fingerprint density at radius 2 is 1.88 bits per heavy atom. The fourth-order valence-corrected chi connectivity index (χ4v) is 5.22. The number of fused-ring (bicyclic) bond motifs is 1. The maximum absolute atomic E-state index is 12.7. The third-order valence-corrected chi connectivity index (χ3v) is 7.17. The molecule has 1 fully saturated rings. The number of pyridine rings is 1. The number of ketones is 1. The maximum atomic E-state index is 12.7. The average Bonchev–Trinajstić information content (AvgIpc) is 2.76. The number of carboxylic acids is 1. The average molecular weight is 444 g/mol. The number of aromatic nitrogens is 1. The van der Waals surface area contributed by atoms with Crippen molar-refractivity contribution < 1.29 is 19.4 Å². The van der Waals surface area contributed by atoms with E-state index < -0.39 is 11.9 Å². The second-order valence-electron chi connectivity index (χ2n) is 10.4. The van der Waals surface area contributed by atoms with E-state index in [1.807, 2.05) is 13.8 Å². The Bertz CT molecular complexity index is 773. The number of hydrogen-bond acceptors (Lipinski definition) is 4. The third-order valence-electron chi connectivity index (χ3n) is 7.17. The molecule has 178 valence electrons. The van der Waals surface area contributed by atoms with Crippen molar-refractivity contribution in [1.29, 1.82) is 0 Å². The second kappa shape index (κ2) is 11.9. The molecule has 2 aliphatic rings. The summed E-state index contributed by atoms with van der Waals surface area (Å²) < 4.78 is 5.69. The number of nitrogens with zero attached hydrogens (tertiary/aromatic N) is 1. The molecule has 0 radical (unpaired) electrons. The molecule has 5 heteroatoms. The summed E-state index contributed by atoms with van der Waals surface area (Å²) in [4.78, 5) is 29.2. The van der Waals surface area contributed by atoms with Crippen LogP contribution in [0, 0.1) is 11.8 Å². The largest absolute Gasteiger partial charge is 0.481 e. The van der Waals surface area contributed by atoms with Crippen LogP contribution in [-0.2, 0) is 33.6 Å². The smallest absolute Gasteiger partial charge is 0.306 e. The van der Waals surface area contributed by atoms with Crippen molar-refractivity contribution in [3.63, 3.8) is 0 Å². The highest BCUT2D eigenvalue weighted by atomic mass is 16.5. The summed E-state index contributed by atoms with van der Waals surface area (Å²) in [7, 11) is 0. The number of aryl methyl sites for hydroxylation is 3. The number of aliphatic carboxylic acids is 1. The van der Waals surface area contributed by atoms with Gasteiger partial charge in [-0.3, -0.25) is 14.6 Å². The van der Waals surface area contributed by atoms with E-state index in [1.165, 1.54) is 36.2 Å². The van der Waals surface area contributed by atoms with Crippen LogP contribution in [0.5, 0.6) is 0 Å². The molecule has 1 aliphatic heterocycles. The fraction of sp³-hybridized carbons (Fsp3) is 0.741. The highest BCUT2D eigenvalue weighted by Crippen LogP contribution is 2.31. The van der Waals surface area contributed by atoms with Gasteiger partial charge in [-0.15, -0.1) is 0 Å². The van der Waals surface area contributed by atoms with Crippen LogP contribution >= 0.6 is 0 Å². The summed E-state index contributed by atoms with van der Waals surface area (Å²) in [5.74, 6) is -1.33. The molecule has 0 aromatic carbocycles. The zero-order chi connectivity index (χ0) is 23.0. The molecule has 32 heavy (non-hydrogen) atoms. The molecule has 1 aliphatic carbocycles. The van der Waals surface area contributed by atoms with Crippen LogP contribution in [0.3, 0.4) is 0 Å². The normalized spacial score (nSPS) is 21.0. The molecule has 3 rings (SSSR count). The van der Waals surface area contributed by atoms with E-state index in [4.69, 9.17) is 9.72 Å². The van der Waals surface area contributed by atoms with E-state index in [2.05, 4.69) is 12.1 Å². The number of carbonyl (C=O) groups excluding carboxylic acids is 1. The lowest BCUT2D eigenvalue weighted by Crippen LogP contribution is -2.37. The Balaban J connectivity index is 1.31. The van der Waals surface area contributed by atoms with E-state index in [0.717, 1.165) is 44.9 Å². The zero-order valence-electron chi connectivity index (χ0n) is 20.0. The van der Waals surface area contributed by atoms with Crippen molar-refractivity contribution in [2.45, 2.75) is 109 Å². The van der Waals surface area contributed by atoms with Gasteiger partial charge in [-0.2, -0.15) is 0 Å². The molecule has 2 atom stereocenters. The molecule has 1 saturated heterocycles. The Kier molecular flexibility index (Phi) is 9.27. The van der Waals surface area contributed by atoms with Crippen molar-refractivity contribution in [2.24, 2.45) is 11.8 Å². The van der Waals surface area contributed by atoms with Gasteiger partial charge in [0.2, 0.25) is 0 Å². The number of carbonyl (C=O) groups is 2. The van der Waals surface area contributed by atoms with Gasteiger partial charge >= 0.3 is 5.97 Å². The molecular formula is C27H41NO4. The number of unbranched alkanes of at least 4 members (excludes halogenated alkanes) is 4. The summed E-state index contributed by atoms with van der Waals surface area (Å²) >= 11 is 0. The minimum atomic E-state index is -0.830. The maximum Gasteiger partial charge on any atom is 0.306 e. The standard InChI is InChI=1S/C27H41NO4/c1-27(2)19-22(16-17-32-27)25(29)18-21(26(30)31)11-6-4-3-5-7-12-23-15-14-20-10-8-9-13-24(20)28-23/h14-15,21-22H,3-13,16-19H2,1-2H3,(H,30,31)/t21-,22+/m1/s1. The zero-order valence-corrected chi connectivity index (χ0v) is 20.0. The highest BCUT2D eigenvalue weighted by molar-refractivity contribution is 5.85. The van der Waals surface area contributed by atoms with E-state index in [1.54, 1.807) is 0 Å². The molecule has 1 aromatic rings. The predicted octanol–water partition coefficient (Wildman–Crippen LogP) is 5.71. The van der Waals surface area contributed by atoms with Crippen molar-refractivity contribution >= 4 is 11.8 Å². The van der Waals surface area contributed by atoms with Gasteiger partial charge in [0, 0.05) is 30.3 Å². The lowest BCUT2D eigenvalue weighted by molar-refractivity contribution is -0.146. The molecule has 1 aromatic heterocycles. The van der Waals surface area contributed by atoms with E-state index >= 15 is 0 Å². The fourth-order valence-electron chi connectivity index (χ4n) is 5.22. The van der Waals surface area contributed by atoms with Crippen molar-refractivity contribution in [3.05, 3.63) is 29.1 Å². The quantitative estimate of drug-likeness (QED) is 0.419. The first-order chi connectivity index (χ1) is 15.3. The molecule has 0 unspecified atom stereocenters. The van der Waals surface area contributed by atoms with Crippen molar-refractivity contribution in [2.75, 3.05) is 6.61 Å². The number of ether oxygens (including phenoxy) is 1. The Morgan fingerprint density at radius 1 is 1.12 bits per heavy atom. The highest BCUT2D eigenvalue weighted by Gasteiger charge is 2.34. The molecule has 5 nitrogen and oxygen atoms in total. The van der Waals surface area contributed by atoms with Gasteiger partial charge in [0.05, 0.1) is 11.5 Å². The summed E-state index contributed by atoms with van der Waals surface area (Å²) in [5, 5.41) is 9.59. The first kappa shape index (κ1) is 24.9. The number of hydrogen-bond donors (Lipinski definition) is 1. The minimum absolute atomic E-state index is 0.0576. The van der Waals surface area contributed by atoms with E-state index in [-0.39, 0.29) is 23.7 Å². The molecular weight excluding hydrogens is 402 g/mol. The minimum Gasteiger partial charge on any atom is -0.481 e. The Labute approximate surface area is 193 Å². The molecule has 0 spiro atoms. The lowest BCUT2D eigenvalue weighted by Gasteiger charge is -2.35. The third kappa shape index (κ3) is 7.68. The van der Waals surface area contributed by atoms with Crippen molar-refractivity contribution in [3.8, 4) is 0 Å². The summed E-state index contributed by atoms with van der Waals surface area (Å²) in [6, 6.07) is 4.46. The number of carboxylic acid groups (broad SMARTS) is 1. The van der Waals surface area contributed by atoms with Gasteiger partial charge in [-0.05, 0) is 83.3 Å². The number of rotatable bonds is 12. The summed E-state index contributed by atoms with van der Waals surface area (Å²) in [6.07, 6.45) is 13.4. The van der Waals surface area contributed by atoms with Crippen LogP contribution in [-0.4, -0.2) is 34.1 Å². The SMILES string of the molecule is CC1(C)C[C@@H](C(=O)C[C@@H](CCCCCCCc2ccc3c(n2)CCCC3)C(=O)O)CCO1. The van der Waals surface area contributed by atoms with Gasteiger partial charge in [-0.1, -0.05) is 31.7 Å². The van der Waals surface area contributed by atoms with Gasteiger partial charge in [-0.25, -0.2) is 0 Å². The molecule has 0 saturated carbocycles. The first-order valence-corrected chi connectivity index (χ1v) is 12.7. The van der Waals surface area contributed by atoms with Crippen LogP contribution in [0.15, 0.2) is 12.1 Å². The van der Waals surface area contributed by atoms with Gasteiger partial charge in [0.1, 0.15) is 5.78 Å². The van der Waals surface area contributed by atoms with Crippen LogP contribution in [0.1, 0.15) is 101 Å². The number of Topliss-reactive ketones (excluding diaryl/α,β-unsaturated/α-hetero) is 1. The Morgan fingerprint density at radius 3 is 2.66 bits per heavy atom. The van der Waals surface area contributed by atoms with Crippen molar-refractivity contribution in [1.82, 2.24) is 4.98 Å². The summed E-state index contributed by atoms with van der Waals surface area (Å²) in [6.45, 7) is 4.59. The molecule has 2 heterocycles. The monoisotopic (exact) mass is 443 g/mol. The molecule has 0 amide bonds. The van der Waals surface area contributed by atoms with Gasteiger partial charge < -0.3 is 9.84 Å². The second-order valence-corrected chi connectivity index (χ2v) is 10.4. The lowest BCUT2D eigenvalue weighted by atomic mass is 9.82. The van der Waals surface area contributed by atoms with Crippen LogP contribution < -0.4 is 0 Å². The van der Waals surface area contributed by atoms with Crippen LogP contribution in [0.2, 0.25) is 0 Å². The van der Waals surface area contributed by atoms with E-state index in [0.29, 0.717) is 25.9 Å². The first-order valence-electron chi connectivity index (χ1n) is 12.7. The van der Waals surface area contributed by atoms with E-state index in [9.17, 15) is 14.7 Å². The van der Waals surface area contributed by atoms with Crippen LogP contribution in [0.25, 0.3) is 0 Å². The molecule has 0 bridgehead atoms. The van der Waals surface area contributed by atoms with Gasteiger partial charge in [0.25, 0.3) is 0 Å². The predicted molar refractivity (Wildman–Crippen MR) is 126 cm³/mol. The summed E-state index contributed by atoms with van der Waals surface area (Å²) in [5.41, 5.74) is 3.68. The Hall–Kier alpha value is -1.75. The van der Waals surface area contributed by atoms with Gasteiger partial charge in [0.15, 0.2) is 0 Å². The molecule has 1 N–H and O–H groups in total. The topological polar surface area (TPSA) is 76.5 Å². The van der Waals surface area contributed by atoms with Crippen LogP contribution in [0.4, 0.5) is 0 Å².